The van der Waals surface area contributed by atoms with Gasteiger partial charge in [-0.3, -0.25) is 4.79 Å². The monoisotopic (exact) mass is 274 g/mol. The van der Waals surface area contributed by atoms with Crippen LogP contribution in [0.2, 0.25) is 0 Å². The second-order valence-corrected chi connectivity index (χ2v) is 5.41. The van der Waals surface area contributed by atoms with Gasteiger partial charge in [-0.25, -0.2) is 0 Å². The van der Waals surface area contributed by atoms with Gasteiger partial charge in [0.2, 0.25) is 0 Å². The fraction of sp³-hybridized carbons (Fsp3) is 0.438. The highest BCUT2D eigenvalue weighted by Crippen LogP contribution is 2.36. The van der Waals surface area contributed by atoms with Gasteiger partial charge in [0.05, 0.1) is 5.69 Å². The van der Waals surface area contributed by atoms with Gasteiger partial charge < -0.3 is 15.4 Å². The molecule has 2 N–H and O–H groups in total. The zero-order chi connectivity index (χ0) is 14.9. The zero-order valence-electron chi connectivity index (χ0n) is 12.3. The maximum absolute atomic E-state index is 12.5. The molecule has 1 heterocycles. The molecule has 0 saturated heterocycles. The van der Waals surface area contributed by atoms with Crippen LogP contribution in [-0.4, -0.2) is 18.6 Å². The Bertz CT molecular complexity index is 537. The van der Waals surface area contributed by atoms with Crippen LogP contribution in [0.25, 0.3) is 0 Å². The quantitative estimate of drug-likeness (QED) is 0.859. The number of carbonyl (C=O) groups excluding carboxylic acids is 1. The minimum atomic E-state index is -0.414. The van der Waals surface area contributed by atoms with Crippen LogP contribution in [0.5, 0.6) is 5.75 Å². The highest BCUT2D eigenvalue weighted by atomic mass is 16.5. The number of hydrogen-bond acceptors (Lipinski definition) is 3. The van der Waals surface area contributed by atoms with E-state index in [-0.39, 0.29) is 11.9 Å². The molecule has 0 fully saturated rings. The molecule has 2 atom stereocenters. The van der Waals surface area contributed by atoms with E-state index in [1.54, 1.807) is 4.90 Å². The first kappa shape index (κ1) is 14.6. The van der Waals surface area contributed by atoms with E-state index in [0.29, 0.717) is 13.0 Å². The van der Waals surface area contributed by atoms with Crippen LogP contribution in [0.15, 0.2) is 30.4 Å². The maximum atomic E-state index is 12.5. The molecule has 1 aliphatic rings. The molecule has 1 aromatic carbocycles. The number of fused-ring (bicyclic) bond motifs is 1. The Hall–Kier alpha value is -1.81. The molecule has 1 aliphatic heterocycles. The second kappa shape index (κ2) is 5.67. The number of hydrogen-bond donors (Lipinski definition) is 1. The number of amides is 1. The van der Waals surface area contributed by atoms with E-state index < -0.39 is 6.10 Å². The summed E-state index contributed by atoms with van der Waals surface area (Å²) in [7, 11) is 0. The average molecular weight is 274 g/mol. The van der Waals surface area contributed by atoms with Crippen LogP contribution < -0.4 is 15.4 Å². The number of benzene rings is 1. The fourth-order valence-electron chi connectivity index (χ4n) is 2.32. The largest absolute Gasteiger partial charge is 0.478 e. The van der Waals surface area contributed by atoms with E-state index in [1.807, 2.05) is 39.0 Å². The first-order valence-corrected chi connectivity index (χ1v) is 6.96. The summed E-state index contributed by atoms with van der Waals surface area (Å²) in [6.07, 6.45) is 0.239. The van der Waals surface area contributed by atoms with Crippen molar-refractivity contribution in [1.29, 1.82) is 0 Å². The van der Waals surface area contributed by atoms with Crippen molar-refractivity contribution in [2.75, 3.05) is 11.4 Å². The Balaban J connectivity index is 2.47. The van der Waals surface area contributed by atoms with Gasteiger partial charge in [-0.05, 0) is 38.0 Å². The van der Waals surface area contributed by atoms with Gasteiger partial charge in [-0.2, -0.15) is 0 Å². The molecule has 1 aromatic rings. The molecule has 2 unspecified atom stereocenters. The van der Waals surface area contributed by atoms with Gasteiger partial charge in [-0.1, -0.05) is 25.1 Å². The van der Waals surface area contributed by atoms with Gasteiger partial charge >= 0.3 is 0 Å². The lowest BCUT2D eigenvalue weighted by Crippen LogP contribution is -2.46. The van der Waals surface area contributed by atoms with Crippen molar-refractivity contribution in [2.45, 2.75) is 39.3 Å². The molecular formula is C16H22N2O2. The minimum absolute atomic E-state index is 0.00942. The third-order valence-corrected chi connectivity index (χ3v) is 3.41. The second-order valence-electron chi connectivity index (χ2n) is 5.41. The molecule has 0 saturated carbocycles. The van der Waals surface area contributed by atoms with Gasteiger partial charge in [0.1, 0.15) is 5.75 Å². The molecule has 4 heteroatoms. The summed E-state index contributed by atoms with van der Waals surface area (Å²) >= 11 is 0. The smallest absolute Gasteiger partial charge is 0.268 e. The lowest BCUT2D eigenvalue weighted by molar-refractivity contribution is -0.126. The third-order valence-electron chi connectivity index (χ3n) is 3.41. The van der Waals surface area contributed by atoms with Crippen LogP contribution in [0.1, 0.15) is 38.8 Å². The van der Waals surface area contributed by atoms with E-state index in [9.17, 15) is 4.79 Å². The van der Waals surface area contributed by atoms with Gasteiger partial charge in [0, 0.05) is 12.6 Å². The predicted molar refractivity (Wildman–Crippen MR) is 80.9 cm³/mol. The van der Waals surface area contributed by atoms with Crippen molar-refractivity contribution < 1.29 is 9.53 Å². The van der Waals surface area contributed by atoms with Crippen LogP contribution in [0.3, 0.4) is 0 Å². The van der Waals surface area contributed by atoms with Crippen molar-refractivity contribution >= 4 is 11.6 Å². The summed E-state index contributed by atoms with van der Waals surface area (Å²) in [4.78, 5) is 14.2. The van der Waals surface area contributed by atoms with Crippen molar-refractivity contribution in [3.8, 4) is 5.75 Å². The Kier molecular flexibility index (Phi) is 4.14. The van der Waals surface area contributed by atoms with Crippen molar-refractivity contribution in [1.82, 2.24) is 0 Å². The van der Waals surface area contributed by atoms with Gasteiger partial charge in [-0.15, -0.1) is 0 Å². The van der Waals surface area contributed by atoms with E-state index in [0.717, 1.165) is 22.6 Å². The number of nitrogens with zero attached hydrogens (tertiary/aromatic N) is 1. The standard InChI is InChI=1S/C16H22N2O2/c1-5-14-16(19)18(9-10(2)3)13-8-12(11(4)17)6-7-15(13)20-14/h6-8,11,14H,2,5,9,17H2,1,3-4H3. The molecule has 0 radical (unpaired) electrons. The van der Waals surface area contributed by atoms with Crippen LogP contribution in [-0.2, 0) is 4.79 Å². The topological polar surface area (TPSA) is 55.6 Å². The molecule has 0 bridgehead atoms. The number of anilines is 1. The van der Waals surface area contributed by atoms with Crippen molar-refractivity contribution in [3.63, 3.8) is 0 Å². The van der Waals surface area contributed by atoms with Crippen LogP contribution in [0, 0.1) is 0 Å². The van der Waals surface area contributed by atoms with Gasteiger partial charge in [0.25, 0.3) is 5.91 Å². The molecule has 2 rings (SSSR count). The van der Waals surface area contributed by atoms with E-state index >= 15 is 0 Å². The average Bonchev–Trinajstić information content (AvgIpc) is 2.40. The summed E-state index contributed by atoms with van der Waals surface area (Å²) in [5.41, 5.74) is 8.63. The molecule has 4 nitrogen and oxygen atoms in total. The van der Waals surface area contributed by atoms with E-state index in [1.165, 1.54) is 0 Å². The molecule has 0 spiro atoms. The molecular weight excluding hydrogens is 252 g/mol. The van der Waals surface area contributed by atoms with Crippen LogP contribution in [0.4, 0.5) is 5.69 Å². The first-order chi connectivity index (χ1) is 9.43. The fourth-order valence-corrected chi connectivity index (χ4v) is 2.32. The van der Waals surface area contributed by atoms with E-state index in [2.05, 4.69) is 6.58 Å². The highest BCUT2D eigenvalue weighted by Gasteiger charge is 2.33. The maximum Gasteiger partial charge on any atom is 0.268 e. The first-order valence-electron chi connectivity index (χ1n) is 6.96. The highest BCUT2D eigenvalue weighted by molar-refractivity contribution is 6.00. The normalized spacial score (nSPS) is 19.3. The molecule has 108 valence electrons. The van der Waals surface area contributed by atoms with Gasteiger partial charge in [0.15, 0.2) is 6.10 Å². The summed E-state index contributed by atoms with van der Waals surface area (Å²) < 4.78 is 5.78. The molecule has 20 heavy (non-hydrogen) atoms. The Labute approximate surface area is 120 Å². The zero-order valence-corrected chi connectivity index (χ0v) is 12.3. The number of rotatable bonds is 4. The number of ether oxygens (including phenoxy) is 1. The summed E-state index contributed by atoms with van der Waals surface area (Å²) in [5, 5.41) is 0. The Morgan fingerprint density at radius 3 is 2.80 bits per heavy atom. The Morgan fingerprint density at radius 1 is 1.55 bits per heavy atom. The lowest BCUT2D eigenvalue weighted by Gasteiger charge is -2.34. The summed E-state index contributed by atoms with van der Waals surface area (Å²) in [5.74, 6) is 0.729. The molecule has 1 amide bonds. The van der Waals surface area contributed by atoms with Crippen LogP contribution >= 0.6 is 0 Å². The van der Waals surface area contributed by atoms with E-state index in [4.69, 9.17) is 10.5 Å². The molecule has 0 aromatic heterocycles. The van der Waals surface area contributed by atoms with Crippen molar-refractivity contribution in [2.24, 2.45) is 5.73 Å². The number of carbonyl (C=O) groups is 1. The lowest BCUT2D eigenvalue weighted by atomic mass is 10.0. The SMILES string of the molecule is C=C(C)CN1C(=O)C(CC)Oc2ccc(C(C)N)cc21. The third kappa shape index (κ3) is 2.70. The van der Waals surface area contributed by atoms with Crippen molar-refractivity contribution in [3.05, 3.63) is 35.9 Å². The summed E-state index contributed by atoms with van der Waals surface area (Å²) in [6, 6.07) is 5.71. The number of nitrogens with two attached hydrogens (primary N) is 1. The molecule has 0 aliphatic carbocycles. The Morgan fingerprint density at radius 2 is 2.25 bits per heavy atom. The summed E-state index contributed by atoms with van der Waals surface area (Å²) in [6.45, 7) is 10.2. The minimum Gasteiger partial charge on any atom is -0.478 e. The predicted octanol–water partition coefficient (Wildman–Crippen LogP) is 2.79.